The average molecular weight is 132 g/mol. The third kappa shape index (κ3) is 0.800. The molecule has 0 saturated carbocycles. The lowest BCUT2D eigenvalue weighted by Gasteiger charge is -1.82. The van der Waals surface area contributed by atoms with E-state index in [2.05, 4.69) is 5.10 Å². The number of aromatic nitrogens is 2. The first kappa shape index (κ1) is 6.19. The highest BCUT2D eigenvalue weighted by Crippen LogP contribution is 2.08. The number of rotatable bonds is 0. The molecule has 0 radical (unpaired) electrons. The van der Waals surface area contributed by atoms with Crippen LogP contribution >= 0.6 is 0 Å². The Morgan fingerprint density at radius 1 is 1.44 bits per heavy atom. The summed E-state index contributed by atoms with van der Waals surface area (Å²) in [6.07, 6.45) is 0. The van der Waals surface area contributed by atoms with Crippen molar-refractivity contribution in [2.24, 2.45) is 0 Å². The summed E-state index contributed by atoms with van der Waals surface area (Å²) in [7, 11) is 0. The number of halogens is 2. The fraction of sp³-hybridized carbons (Fsp3) is 0.400. The molecule has 50 valence electrons. The topological polar surface area (TPSA) is 17.8 Å². The summed E-state index contributed by atoms with van der Waals surface area (Å²) in [5, 5.41) is 3.19. The highest BCUT2D eigenvalue weighted by molar-refractivity contribution is 5.09. The van der Waals surface area contributed by atoms with Gasteiger partial charge in [-0.2, -0.15) is 0 Å². The van der Waals surface area contributed by atoms with Crippen LogP contribution in [-0.2, 0) is 0 Å². The summed E-state index contributed by atoms with van der Waals surface area (Å²) in [5.41, 5.74) is 0.0162. The molecular formula is C5H6F2N2. The van der Waals surface area contributed by atoms with Gasteiger partial charge in [0.25, 0.3) is 0 Å². The summed E-state index contributed by atoms with van der Waals surface area (Å²) >= 11 is 0. The molecule has 0 aliphatic carbocycles. The summed E-state index contributed by atoms with van der Waals surface area (Å²) < 4.78 is 24.6. The molecule has 0 bridgehead atoms. The van der Waals surface area contributed by atoms with E-state index < -0.39 is 5.82 Å². The van der Waals surface area contributed by atoms with Crippen molar-refractivity contribution >= 4 is 0 Å². The van der Waals surface area contributed by atoms with Crippen molar-refractivity contribution in [3.63, 3.8) is 0 Å². The maximum Gasteiger partial charge on any atom is 0.169 e. The molecule has 1 rings (SSSR count). The fourth-order valence-corrected chi connectivity index (χ4v) is 0.593. The van der Waals surface area contributed by atoms with Gasteiger partial charge in [0, 0.05) is 0 Å². The van der Waals surface area contributed by atoms with Crippen LogP contribution in [0.3, 0.4) is 0 Å². The Kier molecular flexibility index (Phi) is 1.23. The van der Waals surface area contributed by atoms with Crippen LogP contribution in [0.25, 0.3) is 0 Å². The van der Waals surface area contributed by atoms with Gasteiger partial charge in [-0.05, 0) is 13.8 Å². The molecule has 0 amide bonds. The number of aryl methyl sites for hydroxylation is 1. The van der Waals surface area contributed by atoms with Gasteiger partial charge < -0.3 is 0 Å². The smallest absolute Gasteiger partial charge is 0.169 e. The molecule has 9 heavy (non-hydrogen) atoms. The lowest BCUT2D eigenvalue weighted by molar-refractivity contribution is 0.303. The average Bonchev–Trinajstić information content (AvgIpc) is 1.98. The largest absolute Gasteiger partial charge is 0.203 e. The van der Waals surface area contributed by atoms with Gasteiger partial charge in [-0.15, -0.1) is 5.10 Å². The quantitative estimate of drug-likeness (QED) is 0.521. The second-order valence-corrected chi connectivity index (χ2v) is 1.84. The minimum Gasteiger partial charge on any atom is -0.203 e. The molecule has 0 aromatic carbocycles. The summed E-state index contributed by atoms with van der Waals surface area (Å²) in [5.74, 6) is -0.572. The Balaban J connectivity index is 3.29. The van der Waals surface area contributed by atoms with Crippen LogP contribution < -0.4 is 0 Å². The van der Waals surface area contributed by atoms with Crippen LogP contribution in [0, 0.1) is 19.7 Å². The van der Waals surface area contributed by atoms with Gasteiger partial charge in [0.15, 0.2) is 5.82 Å². The van der Waals surface area contributed by atoms with E-state index in [-0.39, 0.29) is 16.3 Å². The molecule has 4 heteroatoms. The first-order valence-electron chi connectivity index (χ1n) is 2.51. The van der Waals surface area contributed by atoms with Crippen molar-refractivity contribution in [2.75, 3.05) is 0 Å². The van der Waals surface area contributed by atoms with E-state index >= 15 is 0 Å². The second kappa shape index (κ2) is 1.79. The Bertz CT molecular complexity index is 207. The normalized spacial score (nSPS) is 10.2. The fourth-order valence-electron chi connectivity index (χ4n) is 0.593. The second-order valence-electron chi connectivity index (χ2n) is 1.84. The highest BCUT2D eigenvalue weighted by atomic mass is 19.2. The van der Waals surface area contributed by atoms with E-state index in [1.165, 1.54) is 13.8 Å². The van der Waals surface area contributed by atoms with E-state index in [9.17, 15) is 8.87 Å². The Labute approximate surface area is 51.0 Å². The first-order valence-corrected chi connectivity index (χ1v) is 2.51. The SMILES string of the molecule is Cc1nn(F)c(C)c1F. The standard InChI is InChI=1S/C5H6F2N2/c1-3-5(6)4(2)9(7)8-3/h1-2H3. The predicted molar refractivity (Wildman–Crippen MR) is 28.2 cm³/mol. The molecular weight excluding hydrogens is 126 g/mol. The van der Waals surface area contributed by atoms with Crippen molar-refractivity contribution in [1.82, 2.24) is 10.0 Å². The highest BCUT2D eigenvalue weighted by Gasteiger charge is 2.08. The zero-order valence-electron chi connectivity index (χ0n) is 5.15. The molecule has 0 atom stereocenters. The molecule has 1 aromatic heterocycles. The molecule has 0 spiro atoms. The van der Waals surface area contributed by atoms with Gasteiger partial charge in [0.1, 0.15) is 5.69 Å². The van der Waals surface area contributed by atoms with Gasteiger partial charge in [-0.25, -0.2) is 4.39 Å². The van der Waals surface area contributed by atoms with Crippen LogP contribution in [0.4, 0.5) is 8.87 Å². The van der Waals surface area contributed by atoms with Crippen LogP contribution in [0.1, 0.15) is 11.4 Å². The number of hydrogen-bond donors (Lipinski definition) is 0. The molecule has 2 nitrogen and oxygen atoms in total. The van der Waals surface area contributed by atoms with E-state index in [1.54, 1.807) is 0 Å². The van der Waals surface area contributed by atoms with E-state index in [4.69, 9.17) is 0 Å². The monoisotopic (exact) mass is 132 g/mol. The van der Waals surface area contributed by atoms with Crippen molar-refractivity contribution in [3.8, 4) is 0 Å². The lowest BCUT2D eigenvalue weighted by Crippen LogP contribution is -1.86. The van der Waals surface area contributed by atoms with Gasteiger partial charge in [0.2, 0.25) is 0 Å². The first-order chi connectivity index (χ1) is 4.13. The maximum absolute atomic E-state index is 12.4. The van der Waals surface area contributed by atoms with Crippen LogP contribution in [0.2, 0.25) is 0 Å². The molecule has 1 aromatic rings. The Hall–Kier alpha value is -0.930. The Morgan fingerprint density at radius 3 is 2.11 bits per heavy atom. The van der Waals surface area contributed by atoms with Crippen molar-refractivity contribution in [1.29, 1.82) is 0 Å². The van der Waals surface area contributed by atoms with Crippen molar-refractivity contribution in [2.45, 2.75) is 13.8 Å². The molecule has 1 heterocycles. The van der Waals surface area contributed by atoms with E-state index in [1.807, 2.05) is 0 Å². The summed E-state index contributed by atoms with van der Waals surface area (Å²) in [6.45, 7) is 2.74. The van der Waals surface area contributed by atoms with Crippen molar-refractivity contribution in [3.05, 3.63) is 17.2 Å². The molecule has 0 N–H and O–H groups in total. The third-order valence-electron chi connectivity index (χ3n) is 1.15. The van der Waals surface area contributed by atoms with E-state index in [0.29, 0.717) is 0 Å². The summed E-state index contributed by atoms with van der Waals surface area (Å²) in [4.78, 5) is 0.0324. The van der Waals surface area contributed by atoms with Crippen LogP contribution in [0.15, 0.2) is 0 Å². The molecule has 0 aliphatic rings. The van der Waals surface area contributed by atoms with Gasteiger partial charge in [-0.1, -0.05) is 9.39 Å². The van der Waals surface area contributed by atoms with Gasteiger partial charge in [0.05, 0.1) is 5.69 Å². The Morgan fingerprint density at radius 2 is 2.00 bits per heavy atom. The third-order valence-corrected chi connectivity index (χ3v) is 1.15. The minimum atomic E-state index is -0.572. The van der Waals surface area contributed by atoms with E-state index in [0.717, 1.165) is 0 Å². The minimum absolute atomic E-state index is 0.0324. The summed E-state index contributed by atoms with van der Waals surface area (Å²) in [6, 6.07) is 0. The zero-order valence-corrected chi connectivity index (χ0v) is 5.15. The number of nitrogens with zero attached hydrogens (tertiary/aromatic N) is 2. The number of hydrogen-bond acceptors (Lipinski definition) is 1. The molecule has 0 aliphatic heterocycles. The van der Waals surface area contributed by atoms with Gasteiger partial charge in [-0.3, -0.25) is 0 Å². The van der Waals surface area contributed by atoms with Crippen LogP contribution in [0.5, 0.6) is 0 Å². The van der Waals surface area contributed by atoms with Crippen molar-refractivity contribution < 1.29 is 8.87 Å². The molecule has 0 fully saturated rings. The van der Waals surface area contributed by atoms with Crippen LogP contribution in [-0.4, -0.2) is 10.0 Å². The lowest BCUT2D eigenvalue weighted by atomic mass is 10.4. The molecule has 0 saturated heterocycles. The predicted octanol–water partition coefficient (Wildman–Crippen LogP) is 1.37. The van der Waals surface area contributed by atoms with Gasteiger partial charge >= 0.3 is 0 Å². The zero-order chi connectivity index (χ0) is 7.02. The molecule has 0 unspecified atom stereocenters. The maximum atomic E-state index is 12.4.